The number of anilines is 1. The zero-order valence-corrected chi connectivity index (χ0v) is 19.2. The van der Waals surface area contributed by atoms with Gasteiger partial charge < -0.3 is 24.4 Å². The Hall–Kier alpha value is -4.07. The Bertz CT molecular complexity index is 1150. The Kier molecular flexibility index (Phi) is 7.27. The van der Waals surface area contributed by atoms with Crippen LogP contribution in [0.25, 0.3) is 0 Å². The smallest absolute Gasteiger partial charge is 0.227 e. The topological polar surface area (TPSA) is 90.0 Å². The molecule has 1 aromatic heterocycles. The highest BCUT2D eigenvalue weighted by molar-refractivity contribution is 6.01. The van der Waals surface area contributed by atoms with Crippen molar-refractivity contribution in [1.82, 2.24) is 10.3 Å². The number of amides is 2. The molecule has 1 fully saturated rings. The van der Waals surface area contributed by atoms with E-state index in [-0.39, 0.29) is 18.2 Å². The molecule has 4 rings (SSSR count). The summed E-state index contributed by atoms with van der Waals surface area (Å²) in [7, 11) is 1.56. The average Bonchev–Trinajstić information content (AvgIpc) is 3.25. The number of benzene rings is 2. The van der Waals surface area contributed by atoms with Crippen LogP contribution in [0.2, 0.25) is 0 Å². The van der Waals surface area contributed by atoms with Crippen LogP contribution in [0.5, 0.6) is 23.1 Å². The van der Waals surface area contributed by atoms with Crippen LogP contribution in [-0.4, -0.2) is 37.1 Å². The lowest BCUT2D eigenvalue weighted by Crippen LogP contribution is -2.32. The average molecular weight is 462 g/mol. The second kappa shape index (κ2) is 10.7. The van der Waals surface area contributed by atoms with Crippen molar-refractivity contribution in [3.8, 4) is 23.1 Å². The van der Waals surface area contributed by atoms with Crippen LogP contribution in [0.4, 0.5) is 5.69 Å². The molecule has 2 heterocycles. The van der Waals surface area contributed by atoms with Crippen LogP contribution in [0.3, 0.4) is 0 Å². The molecule has 8 heteroatoms. The monoisotopic (exact) mass is 461 g/mol. The van der Waals surface area contributed by atoms with Gasteiger partial charge in [0.1, 0.15) is 17.2 Å². The lowest BCUT2D eigenvalue weighted by atomic mass is 10.1. The first-order valence-electron chi connectivity index (χ1n) is 11.1. The molecule has 1 unspecified atom stereocenters. The van der Waals surface area contributed by atoms with Gasteiger partial charge >= 0.3 is 0 Å². The van der Waals surface area contributed by atoms with E-state index < -0.39 is 5.92 Å². The van der Waals surface area contributed by atoms with Crippen molar-refractivity contribution in [1.29, 1.82) is 0 Å². The zero-order chi connectivity index (χ0) is 23.9. The van der Waals surface area contributed by atoms with E-state index in [4.69, 9.17) is 14.2 Å². The highest BCUT2D eigenvalue weighted by atomic mass is 16.5. The van der Waals surface area contributed by atoms with Crippen LogP contribution in [0, 0.1) is 5.92 Å². The molecule has 2 aromatic carbocycles. The number of carbonyl (C=O) groups excluding carboxylic acids is 2. The fraction of sp³-hybridized carbons (Fsp3) is 0.269. The number of rotatable bonds is 9. The van der Waals surface area contributed by atoms with Crippen molar-refractivity contribution in [2.75, 3.05) is 25.2 Å². The largest absolute Gasteiger partial charge is 0.495 e. The fourth-order valence-electron chi connectivity index (χ4n) is 3.81. The van der Waals surface area contributed by atoms with Crippen LogP contribution >= 0.6 is 0 Å². The molecule has 34 heavy (non-hydrogen) atoms. The first kappa shape index (κ1) is 23.1. The van der Waals surface area contributed by atoms with E-state index in [1.54, 1.807) is 30.3 Å². The Morgan fingerprint density at radius 3 is 2.65 bits per heavy atom. The van der Waals surface area contributed by atoms with Gasteiger partial charge in [-0.1, -0.05) is 12.1 Å². The third-order valence-corrected chi connectivity index (χ3v) is 5.49. The minimum atomic E-state index is -0.432. The normalized spacial score (nSPS) is 15.2. The number of nitrogens with one attached hydrogen (secondary N) is 1. The molecule has 2 amide bonds. The minimum absolute atomic E-state index is 0.0976. The van der Waals surface area contributed by atoms with Gasteiger partial charge in [0, 0.05) is 31.8 Å². The van der Waals surface area contributed by atoms with Gasteiger partial charge in [-0.3, -0.25) is 9.59 Å². The highest BCUT2D eigenvalue weighted by Gasteiger charge is 2.36. The summed E-state index contributed by atoms with van der Waals surface area (Å²) in [5, 5.41) is 2.93. The molecule has 1 N–H and O–H groups in total. The highest BCUT2D eigenvalue weighted by Crippen LogP contribution is 2.32. The van der Waals surface area contributed by atoms with E-state index in [1.165, 1.54) is 0 Å². The van der Waals surface area contributed by atoms with Crippen molar-refractivity contribution in [2.24, 2.45) is 5.92 Å². The summed E-state index contributed by atoms with van der Waals surface area (Å²) in [6, 6.07) is 18.2. The maximum atomic E-state index is 12.8. The maximum Gasteiger partial charge on any atom is 0.227 e. The number of ether oxygens (including phenoxy) is 3. The number of hydrogen-bond acceptors (Lipinski definition) is 6. The number of nitrogens with zero attached hydrogens (tertiary/aromatic N) is 2. The predicted molar refractivity (Wildman–Crippen MR) is 127 cm³/mol. The Labute approximate surface area is 198 Å². The van der Waals surface area contributed by atoms with Crippen molar-refractivity contribution < 1.29 is 23.8 Å². The lowest BCUT2D eigenvalue weighted by molar-refractivity contribution is -0.126. The van der Waals surface area contributed by atoms with Crippen LogP contribution in [-0.2, 0) is 16.1 Å². The first-order chi connectivity index (χ1) is 16.6. The van der Waals surface area contributed by atoms with E-state index in [0.717, 1.165) is 11.3 Å². The first-order valence-corrected chi connectivity index (χ1v) is 11.1. The molecule has 1 aliphatic rings. The van der Waals surface area contributed by atoms with E-state index in [2.05, 4.69) is 10.3 Å². The molecule has 1 atom stereocenters. The molecule has 0 radical (unpaired) electrons. The van der Waals surface area contributed by atoms with E-state index in [9.17, 15) is 9.59 Å². The van der Waals surface area contributed by atoms with Crippen LogP contribution in [0.1, 0.15) is 18.9 Å². The standard InChI is InChI=1S/C26H27N3O5/c1-3-33-20-8-10-21(11-9-20)34-24-14-18(12-13-27-24)16-28-26(31)19-15-25(30)29(17-19)22-6-4-5-7-23(22)32-2/h4-14,19H,3,15-17H2,1-2H3,(H,28,31). The molecule has 1 aliphatic heterocycles. The number of hydrogen-bond donors (Lipinski definition) is 1. The SMILES string of the molecule is CCOc1ccc(Oc2cc(CNC(=O)C3CC(=O)N(c4ccccc4OC)C3)ccn2)cc1. The van der Waals surface area contributed by atoms with Gasteiger partial charge in [-0.2, -0.15) is 0 Å². The Morgan fingerprint density at radius 1 is 1.12 bits per heavy atom. The van der Waals surface area contributed by atoms with Crippen molar-refractivity contribution in [3.05, 3.63) is 72.4 Å². The summed E-state index contributed by atoms with van der Waals surface area (Å²) in [6.07, 6.45) is 1.79. The van der Waals surface area contributed by atoms with Gasteiger partial charge in [-0.05, 0) is 55.0 Å². The number of pyridine rings is 1. The third-order valence-electron chi connectivity index (χ3n) is 5.49. The van der Waals surface area contributed by atoms with Crippen molar-refractivity contribution in [3.63, 3.8) is 0 Å². The molecule has 0 saturated carbocycles. The summed E-state index contributed by atoms with van der Waals surface area (Å²) in [6.45, 7) is 3.15. The number of aromatic nitrogens is 1. The molecule has 0 aliphatic carbocycles. The molecule has 3 aromatic rings. The zero-order valence-electron chi connectivity index (χ0n) is 19.2. The van der Waals surface area contributed by atoms with Gasteiger partial charge in [-0.25, -0.2) is 4.98 Å². The second-order valence-electron chi connectivity index (χ2n) is 7.80. The lowest BCUT2D eigenvalue weighted by Gasteiger charge is -2.19. The Morgan fingerprint density at radius 2 is 1.88 bits per heavy atom. The van der Waals surface area contributed by atoms with E-state index >= 15 is 0 Å². The van der Waals surface area contributed by atoms with Crippen LogP contribution in [0.15, 0.2) is 66.9 Å². The number of para-hydroxylation sites is 2. The summed E-state index contributed by atoms with van der Waals surface area (Å²) >= 11 is 0. The predicted octanol–water partition coefficient (Wildman–Crippen LogP) is 3.95. The fourth-order valence-corrected chi connectivity index (χ4v) is 3.81. The van der Waals surface area contributed by atoms with Gasteiger partial charge in [0.05, 0.1) is 25.3 Å². The van der Waals surface area contributed by atoms with Gasteiger partial charge in [0.15, 0.2) is 0 Å². The van der Waals surface area contributed by atoms with Gasteiger partial charge in [0.2, 0.25) is 17.7 Å². The summed E-state index contributed by atoms with van der Waals surface area (Å²) < 4.78 is 16.6. The summed E-state index contributed by atoms with van der Waals surface area (Å²) in [5.74, 6) is 1.74. The van der Waals surface area contributed by atoms with Crippen molar-refractivity contribution >= 4 is 17.5 Å². The molecule has 8 nitrogen and oxygen atoms in total. The molecule has 0 spiro atoms. The minimum Gasteiger partial charge on any atom is -0.495 e. The third kappa shape index (κ3) is 5.46. The number of carbonyl (C=O) groups is 2. The second-order valence-corrected chi connectivity index (χ2v) is 7.80. The molecule has 0 bridgehead atoms. The molecule has 176 valence electrons. The molecular weight excluding hydrogens is 434 g/mol. The van der Waals surface area contributed by atoms with Crippen molar-refractivity contribution in [2.45, 2.75) is 19.9 Å². The summed E-state index contributed by atoms with van der Waals surface area (Å²) in [5.41, 5.74) is 1.52. The maximum absolute atomic E-state index is 12.8. The van der Waals surface area contributed by atoms with Crippen LogP contribution < -0.4 is 24.4 Å². The molecular formula is C26H27N3O5. The Balaban J connectivity index is 1.34. The van der Waals surface area contributed by atoms with Gasteiger partial charge in [0.25, 0.3) is 0 Å². The van der Waals surface area contributed by atoms with E-state index in [1.807, 2.05) is 55.5 Å². The van der Waals surface area contributed by atoms with E-state index in [0.29, 0.717) is 42.8 Å². The van der Waals surface area contributed by atoms with Gasteiger partial charge in [-0.15, -0.1) is 0 Å². The number of methoxy groups -OCH3 is 1. The summed E-state index contributed by atoms with van der Waals surface area (Å²) in [4.78, 5) is 31.2. The molecule has 1 saturated heterocycles. The quantitative estimate of drug-likeness (QED) is 0.519.